The van der Waals surface area contributed by atoms with Crippen molar-refractivity contribution in [2.24, 2.45) is 30.2 Å². The zero-order valence-corrected chi connectivity index (χ0v) is 19.5. The number of nitrogens with one attached hydrogen (secondary N) is 1. The van der Waals surface area contributed by atoms with Gasteiger partial charge in [0.1, 0.15) is 12.1 Å². The van der Waals surface area contributed by atoms with Gasteiger partial charge in [-0.1, -0.05) is 0 Å². The summed E-state index contributed by atoms with van der Waals surface area (Å²) in [7, 11) is 1.84. The molecule has 4 saturated carbocycles. The first kappa shape index (κ1) is 20.8. The van der Waals surface area contributed by atoms with E-state index in [0.29, 0.717) is 37.4 Å². The molecule has 0 radical (unpaired) electrons. The summed E-state index contributed by atoms with van der Waals surface area (Å²) in [5.74, 6) is 3.12. The molecule has 4 fully saturated rings. The number of aryl methyl sites for hydroxylation is 2. The number of rotatable bonds is 4. The lowest BCUT2D eigenvalue weighted by molar-refractivity contribution is -0.124. The summed E-state index contributed by atoms with van der Waals surface area (Å²) in [5, 5.41) is 7.44. The van der Waals surface area contributed by atoms with Crippen molar-refractivity contribution in [2.75, 3.05) is 11.9 Å². The van der Waals surface area contributed by atoms with Gasteiger partial charge in [-0.25, -0.2) is 9.97 Å². The summed E-state index contributed by atoms with van der Waals surface area (Å²) in [4.78, 5) is 36.7. The van der Waals surface area contributed by atoms with E-state index in [9.17, 15) is 9.59 Å². The molecule has 174 valence electrons. The maximum atomic E-state index is 13.1. The van der Waals surface area contributed by atoms with Crippen LogP contribution in [0.2, 0.25) is 0 Å². The van der Waals surface area contributed by atoms with E-state index in [-0.39, 0.29) is 17.2 Å². The Hall–Kier alpha value is -2.77. The fourth-order valence-corrected chi connectivity index (χ4v) is 7.49. The average molecular weight is 449 g/mol. The third kappa shape index (κ3) is 3.73. The van der Waals surface area contributed by atoms with Crippen molar-refractivity contribution in [1.82, 2.24) is 24.6 Å². The molecule has 0 saturated heterocycles. The Morgan fingerprint density at radius 2 is 1.82 bits per heavy atom. The molecule has 5 aliphatic rings. The molecule has 4 aliphatic carbocycles. The summed E-state index contributed by atoms with van der Waals surface area (Å²) in [5.41, 5.74) is 3.37. The predicted octanol–water partition coefficient (Wildman–Crippen LogP) is 3.26. The molecule has 1 N–H and O–H groups in total. The Kier molecular flexibility index (Phi) is 4.82. The highest BCUT2D eigenvalue weighted by Gasteiger charge is 2.51. The van der Waals surface area contributed by atoms with Gasteiger partial charge in [0.05, 0.1) is 12.2 Å². The maximum Gasteiger partial charge on any atom is 0.274 e. The molecule has 2 aromatic heterocycles. The van der Waals surface area contributed by atoms with Crippen molar-refractivity contribution >= 4 is 17.6 Å². The van der Waals surface area contributed by atoms with Gasteiger partial charge in [0.2, 0.25) is 5.91 Å². The number of hydrogen-bond acceptors (Lipinski definition) is 5. The quantitative estimate of drug-likeness (QED) is 0.775. The van der Waals surface area contributed by atoms with E-state index in [1.54, 1.807) is 9.58 Å². The highest BCUT2D eigenvalue weighted by Crippen LogP contribution is 2.61. The molecule has 33 heavy (non-hydrogen) atoms. The molecular formula is C25H32N6O2. The van der Waals surface area contributed by atoms with Crippen LogP contribution < -0.4 is 5.32 Å². The van der Waals surface area contributed by atoms with Gasteiger partial charge in [-0.15, -0.1) is 0 Å². The lowest BCUT2D eigenvalue weighted by Crippen LogP contribution is -2.47. The Labute approximate surface area is 194 Å². The highest BCUT2D eigenvalue weighted by molar-refractivity contribution is 5.93. The van der Waals surface area contributed by atoms with Crippen molar-refractivity contribution in [2.45, 2.75) is 64.8 Å². The van der Waals surface area contributed by atoms with Crippen LogP contribution >= 0.6 is 0 Å². The third-order valence-electron chi connectivity index (χ3n) is 8.59. The molecule has 3 heterocycles. The Morgan fingerprint density at radius 3 is 2.45 bits per heavy atom. The smallest absolute Gasteiger partial charge is 0.274 e. The predicted molar refractivity (Wildman–Crippen MR) is 122 cm³/mol. The fourth-order valence-electron chi connectivity index (χ4n) is 7.49. The number of carbonyl (C=O) groups excluding carboxylic acids is 2. The molecule has 0 spiro atoms. The second kappa shape index (κ2) is 7.64. The van der Waals surface area contributed by atoms with E-state index in [1.165, 1.54) is 44.9 Å². The van der Waals surface area contributed by atoms with Gasteiger partial charge in [0.25, 0.3) is 5.91 Å². The molecule has 1 aliphatic heterocycles. The summed E-state index contributed by atoms with van der Waals surface area (Å²) in [6, 6.07) is 1.81. The molecule has 2 amide bonds. The average Bonchev–Trinajstić information content (AvgIpc) is 3.10. The monoisotopic (exact) mass is 448 g/mol. The van der Waals surface area contributed by atoms with Crippen LogP contribution in [0.1, 0.15) is 72.4 Å². The van der Waals surface area contributed by atoms with Crippen LogP contribution in [0.4, 0.5) is 5.82 Å². The van der Waals surface area contributed by atoms with Crippen molar-refractivity contribution in [3.05, 3.63) is 35.0 Å². The second-order valence-corrected chi connectivity index (χ2v) is 11.1. The highest BCUT2D eigenvalue weighted by atomic mass is 16.2. The first-order chi connectivity index (χ1) is 15.9. The van der Waals surface area contributed by atoms with Crippen LogP contribution in [0.5, 0.6) is 0 Å². The molecule has 0 aromatic carbocycles. The molecule has 8 nitrogen and oxygen atoms in total. The number of aromatic nitrogens is 4. The summed E-state index contributed by atoms with van der Waals surface area (Å²) in [6.07, 6.45) is 10.5. The van der Waals surface area contributed by atoms with E-state index in [2.05, 4.69) is 20.4 Å². The molecular weight excluding hydrogens is 416 g/mol. The van der Waals surface area contributed by atoms with Crippen LogP contribution in [0.3, 0.4) is 0 Å². The minimum Gasteiger partial charge on any atom is -0.331 e. The third-order valence-corrected chi connectivity index (χ3v) is 8.59. The molecule has 2 aromatic rings. The van der Waals surface area contributed by atoms with E-state index in [0.717, 1.165) is 34.7 Å². The van der Waals surface area contributed by atoms with Crippen molar-refractivity contribution < 1.29 is 9.59 Å². The normalized spacial score (nSPS) is 29.8. The van der Waals surface area contributed by atoms with E-state index >= 15 is 0 Å². The maximum absolute atomic E-state index is 13.1. The standard InChI is InChI=1S/C25H32N6O2/c1-15-5-20(29-30(15)2)24(33)31-4-3-19-21(13-31)26-14-27-23(19)28-22(32)12-25-9-16-6-17(10-25)8-18(7-16)11-25/h5,14,16-18H,3-4,6-13H2,1-2H3,(H,26,27,28,32). The van der Waals surface area contributed by atoms with Gasteiger partial charge < -0.3 is 10.2 Å². The number of hydrogen-bond donors (Lipinski definition) is 1. The van der Waals surface area contributed by atoms with E-state index in [4.69, 9.17) is 0 Å². The lowest BCUT2D eigenvalue weighted by Gasteiger charge is -2.56. The summed E-state index contributed by atoms with van der Waals surface area (Å²) < 4.78 is 1.71. The van der Waals surface area contributed by atoms with E-state index in [1.807, 2.05) is 20.0 Å². The van der Waals surface area contributed by atoms with Gasteiger partial charge >= 0.3 is 0 Å². The largest absolute Gasteiger partial charge is 0.331 e. The van der Waals surface area contributed by atoms with Gasteiger partial charge in [0, 0.05) is 31.3 Å². The number of anilines is 1. The molecule has 0 unspecified atom stereocenters. The summed E-state index contributed by atoms with van der Waals surface area (Å²) >= 11 is 0. The Bertz CT molecular complexity index is 1070. The Morgan fingerprint density at radius 1 is 1.12 bits per heavy atom. The fraction of sp³-hybridized carbons (Fsp3) is 0.640. The second-order valence-electron chi connectivity index (χ2n) is 11.1. The number of nitrogens with zero attached hydrogens (tertiary/aromatic N) is 5. The van der Waals surface area contributed by atoms with Gasteiger partial charge in [0.15, 0.2) is 5.69 Å². The van der Waals surface area contributed by atoms with Gasteiger partial charge in [-0.3, -0.25) is 14.3 Å². The van der Waals surface area contributed by atoms with Gasteiger partial charge in [-0.2, -0.15) is 5.10 Å². The van der Waals surface area contributed by atoms with Crippen LogP contribution in [0, 0.1) is 30.1 Å². The first-order valence-corrected chi connectivity index (χ1v) is 12.3. The van der Waals surface area contributed by atoms with Crippen LogP contribution in [0.25, 0.3) is 0 Å². The molecule has 0 atom stereocenters. The van der Waals surface area contributed by atoms with Crippen LogP contribution in [-0.4, -0.2) is 43.0 Å². The molecule has 4 bridgehead atoms. The lowest BCUT2D eigenvalue weighted by atomic mass is 9.49. The Balaban J connectivity index is 1.15. The SMILES string of the molecule is Cc1cc(C(=O)N2CCc3c(ncnc3NC(=O)CC34CC5CC(CC(C5)C3)C4)C2)nn1C. The van der Waals surface area contributed by atoms with Crippen molar-refractivity contribution in [3.63, 3.8) is 0 Å². The molecule has 8 heteroatoms. The number of amides is 2. The van der Waals surface area contributed by atoms with Crippen molar-refractivity contribution in [3.8, 4) is 0 Å². The zero-order chi connectivity index (χ0) is 22.7. The number of carbonyl (C=O) groups is 2. The number of fused-ring (bicyclic) bond motifs is 1. The molecule has 7 rings (SSSR count). The zero-order valence-electron chi connectivity index (χ0n) is 19.5. The van der Waals surface area contributed by atoms with Gasteiger partial charge in [-0.05, 0) is 81.1 Å². The first-order valence-electron chi connectivity index (χ1n) is 12.3. The van der Waals surface area contributed by atoms with Crippen LogP contribution in [0.15, 0.2) is 12.4 Å². The van der Waals surface area contributed by atoms with Crippen molar-refractivity contribution in [1.29, 1.82) is 0 Å². The van der Waals surface area contributed by atoms with E-state index < -0.39 is 0 Å². The minimum absolute atomic E-state index is 0.0836. The van der Waals surface area contributed by atoms with Crippen LogP contribution in [-0.2, 0) is 24.8 Å². The minimum atomic E-state index is -0.0876. The summed E-state index contributed by atoms with van der Waals surface area (Å²) in [6.45, 7) is 2.90. The topological polar surface area (TPSA) is 93.0 Å².